The molecule has 2 heterocycles. The van der Waals surface area contributed by atoms with Crippen LogP contribution in [0.15, 0.2) is 35.3 Å². The molecule has 3 aromatic rings. The van der Waals surface area contributed by atoms with Gasteiger partial charge in [-0.1, -0.05) is 12.1 Å². The van der Waals surface area contributed by atoms with Crippen LogP contribution in [0.3, 0.4) is 0 Å². The zero-order valence-corrected chi connectivity index (χ0v) is 12.6. The van der Waals surface area contributed by atoms with Gasteiger partial charge in [-0.15, -0.1) is 0 Å². The molecule has 0 atom stereocenters. The van der Waals surface area contributed by atoms with E-state index in [4.69, 9.17) is 0 Å². The van der Waals surface area contributed by atoms with Crippen molar-refractivity contribution in [2.45, 2.75) is 20.4 Å². The zero-order chi connectivity index (χ0) is 16.7. The zero-order valence-electron chi connectivity index (χ0n) is 12.6. The van der Waals surface area contributed by atoms with Gasteiger partial charge in [-0.25, -0.2) is 18.6 Å². The van der Waals surface area contributed by atoms with Crippen LogP contribution in [0.5, 0.6) is 0 Å². The lowest BCUT2D eigenvalue weighted by molar-refractivity contribution is 0.0693. The fraction of sp³-hybridized carbons (Fsp3) is 0.188. The highest BCUT2D eigenvalue weighted by Gasteiger charge is 2.18. The van der Waals surface area contributed by atoms with Gasteiger partial charge in [0.2, 0.25) is 5.78 Å². The van der Waals surface area contributed by atoms with Gasteiger partial charge < -0.3 is 9.67 Å². The number of aromatic carboxylic acids is 1. The quantitative estimate of drug-likeness (QED) is 0.802. The second-order valence-corrected chi connectivity index (χ2v) is 5.33. The van der Waals surface area contributed by atoms with Crippen molar-refractivity contribution in [2.24, 2.45) is 0 Å². The summed E-state index contributed by atoms with van der Waals surface area (Å²) in [4.78, 5) is 28.0. The molecule has 0 saturated carbocycles. The third-order valence-corrected chi connectivity index (χ3v) is 3.80. The third kappa shape index (κ3) is 2.50. The number of nitrogens with zero attached hydrogens (tertiary/aromatic N) is 3. The highest BCUT2D eigenvalue weighted by Crippen LogP contribution is 2.13. The van der Waals surface area contributed by atoms with Gasteiger partial charge in [0.1, 0.15) is 11.4 Å². The van der Waals surface area contributed by atoms with E-state index in [0.717, 1.165) is 5.56 Å². The molecule has 118 valence electrons. The molecular formula is C16H14FN3O3. The van der Waals surface area contributed by atoms with Crippen molar-refractivity contribution >= 4 is 11.7 Å². The fourth-order valence-electron chi connectivity index (χ4n) is 2.47. The summed E-state index contributed by atoms with van der Waals surface area (Å²) < 4.78 is 15.9. The second-order valence-electron chi connectivity index (χ2n) is 5.33. The number of carbonyl (C=O) groups is 1. The van der Waals surface area contributed by atoms with E-state index in [1.54, 1.807) is 30.5 Å². The summed E-state index contributed by atoms with van der Waals surface area (Å²) in [7, 11) is 0. The summed E-state index contributed by atoms with van der Waals surface area (Å²) in [6.07, 6.45) is 1.27. The minimum Gasteiger partial charge on any atom is -0.477 e. The maximum Gasteiger partial charge on any atom is 0.342 e. The van der Waals surface area contributed by atoms with E-state index in [1.807, 2.05) is 0 Å². The van der Waals surface area contributed by atoms with Crippen LogP contribution in [-0.2, 0) is 6.54 Å². The maximum atomic E-state index is 13.0. The summed E-state index contributed by atoms with van der Waals surface area (Å²) in [5.41, 5.74) is 1.08. The van der Waals surface area contributed by atoms with Crippen molar-refractivity contribution in [3.8, 4) is 0 Å². The molecule has 2 aromatic heterocycles. The van der Waals surface area contributed by atoms with Crippen LogP contribution < -0.4 is 5.56 Å². The van der Waals surface area contributed by atoms with E-state index in [-0.39, 0.29) is 17.9 Å². The van der Waals surface area contributed by atoms with Gasteiger partial charge in [0, 0.05) is 11.9 Å². The Morgan fingerprint density at radius 3 is 2.52 bits per heavy atom. The number of carboxylic acids is 1. The first-order valence-electron chi connectivity index (χ1n) is 6.95. The van der Waals surface area contributed by atoms with Crippen LogP contribution in [-0.4, -0.2) is 25.0 Å². The van der Waals surface area contributed by atoms with Crippen molar-refractivity contribution in [1.82, 2.24) is 14.0 Å². The van der Waals surface area contributed by atoms with Crippen molar-refractivity contribution < 1.29 is 14.3 Å². The Kier molecular flexibility index (Phi) is 3.48. The van der Waals surface area contributed by atoms with Crippen LogP contribution >= 0.6 is 0 Å². The van der Waals surface area contributed by atoms with E-state index in [0.29, 0.717) is 17.2 Å². The molecule has 0 amide bonds. The van der Waals surface area contributed by atoms with Crippen LogP contribution in [0.2, 0.25) is 0 Å². The summed E-state index contributed by atoms with van der Waals surface area (Å²) in [6.45, 7) is 3.75. The van der Waals surface area contributed by atoms with Gasteiger partial charge >= 0.3 is 5.97 Å². The molecule has 0 unspecified atom stereocenters. The predicted octanol–water partition coefficient (Wildman–Crippen LogP) is 2.00. The van der Waals surface area contributed by atoms with Gasteiger partial charge in [-0.05, 0) is 31.5 Å². The molecule has 0 aliphatic heterocycles. The first kappa shape index (κ1) is 15.0. The lowest BCUT2D eigenvalue weighted by atomic mass is 10.2. The normalized spacial score (nSPS) is 11.1. The van der Waals surface area contributed by atoms with E-state index < -0.39 is 11.5 Å². The molecule has 0 fully saturated rings. The van der Waals surface area contributed by atoms with E-state index in [1.165, 1.54) is 22.7 Å². The molecule has 6 nitrogen and oxygen atoms in total. The molecule has 0 spiro atoms. The predicted molar refractivity (Wildman–Crippen MR) is 81.4 cm³/mol. The minimum absolute atomic E-state index is 0.278. The molecule has 3 rings (SSSR count). The van der Waals surface area contributed by atoms with Gasteiger partial charge in [0.05, 0.1) is 12.2 Å². The number of hydrogen-bond acceptors (Lipinski definition) is 3. The van der Waals surface area contributed by atoms with Crippen LogP contribution in [0.25, 0.3) is 5.78 Å². The number of hydrogen-bond donors (Lipinski definition) is 1. The number of carboxylic acid groups (broad SMARTS) is 1. The van der Waals surface area contributed by atoms with Crippen LogP contribution in [0.4, 0.5) is 4.39 Å². The standard InChI is InChI=1S/C16H14FN3O3/c1-9-10(2)20-14(21)13(15(22)23)8-19(16(20)18-9)7-11-3-5-12(17)6-4-11/h3-6,8H,7H2,1-2H3,(H,22,23). The Hall–Kier alpha value is -2.96. The molecule has 0 saturated heterocycles. The largest absolute Gasteiger partial charge is 0.477 e. The summed E-state index contributed by atoms with van der Waals surface area (Å²) in [5, 5.41) is 9.25. The number of imidazole rings is 1. The van der Waals surface area contributed by atoms with E-state index >= 15 is 0 Å². The SMILES string of the molecule is Cc1nc2n(Cc3ccc(F)cc3)cc(C(=O)O)c(=O)n2c1C. The van der Waals surface area contributed by atoms with Crippen molar-refractivity contribution in [1.29, 1.82) is 0 Å². The van der Waals surface area contributed by atoms with Crippen molar-refractivity contribution in [3.05, 3.63) is 69.1 Å². The third-order valence-electron chi connectivity index (χ3n) is 3.80. The summed E-state index contributed by atoms with van der Waals surface area (Å²) >= 11 is 0. The Balaban J connectivity index is 2.25. The van der Waals surface area contributed by atoms with Gasteiger partial charge in [-0.3, -0.25) is 4.79 Å². The smallest absolute Gasteiger partial charge is 0.342 e. The Labute approximate surface area is 130 Å². The Bertz CT molecular complexity index is 971. The lowest BCUT2D eigenvalue weighted by Crippen LogP contribution is -2.26. The number of benzene rings is 1. The molecule has 0 radical (unpaired) electrons. The molecular weight excluding hydrogens is 301 g/mol. The fourth-order valence-corrected chi connectivity index (χ4v) is 2.47. The Morgan fingerprint density at radius 2 is 1.91 bits per heavy atom. The molecule has 7 heteroatoms. The monoisotopic (exact) mass is 315 g/mol. The van der Waals surface area contributed by atoms with Gasteiger partial charge in [-0.2, -0.15) is 0 Å². The minimum atomic E-state index is -1.30. The molecule has 1 aromatic carbocycles. The first-order valence-corrected chi connectivity index (χ1v) is 6.95. The number of halogens is 1. The first-order chi connectivity index (χ1) is 10.9. The maximum absolute atomic E-state index is 13.0. The molecule has 0 aliphatic rings. The van der Waals surface area contributed by atoms with Crippen molar-refractivity contribution in [3.63, 3.8) is 0 Å². The Morgan fingerprint density at radius 1 is 1.26 bits per heavy atom. The molecule has 23 heavy (non-hydrogen) atoms. The average Bonchev–Trinajstić information content (AvgIpc) is 2.80. The lowest BCUT2D eigenvalue weighted by Gasteiger charge is -2.10. The van der Waals surface area contributed by atoms with Crippen LogP contribution in [0.1, 0.15) is 27.3 Å². The molecule has 0 aliphatic carbocycles. The van der Waals surface area contributed by atoms with E-state index in [9.17, 15) is 19.1 Å². The topological polar surface area (TPSA) is 76.6 Å². The summed E-state index contributed by atoms with van der Waals surface area (Å²) in [5.74, 6) is -1.28. The van der Waals surface area contributed by atoms with Gasteiger partial charge in [0.15, 0.2) is 0 Å². The van der Waals surface area contributed by atoms with E-state index in [2.05, 4.69) is 4.98 Å². The second kappa shape index (κ2) is 5.35. The molecule has 0 bridgehead atoms. The van der Waals surface area contributed by atoms with Gasteiger partial charge in [0.25, 0.3) is 5.56 Å². The number of rotatable bonds is 3. The highest BCUT2D eigenvalue weighted by atomic mass is 19.1. The highest BCUT2D eigenvalue weighted by molar-refractivity contribution is 5.87. The van der Waals surface area contributed by atoms with Crippen LogP contribution in [0, 0.1) is 19.7 Å². The summed E-state index contributed by atoms with van der Waals surface area (Å²) in [6, 6.07) is 5.87. The number of aryl methyl sites for hydroxylation is 2. The van der Waals surface area contributed by atoms with Crippen molar-refractivity contribution in [2.75, 3.05) is 0 Å². The molecule has 1 N–H and O–H groups in total. The number of fused-ring (bicyclic) bond motifs is 1. The number of aromatic nitrogens is 3. The average molecular weight is 315 g/mol.